The van der Waals surface area contributed by atoms with Gasteiger partial charge in [0.1, 0.15) is 0 Å². The van der Waals surface area contributed by atoms with Crippen LogP contribution in [-0.2, 0) is 9.53 Å². The molecule has 0 bridgehead atoms. The summed E-state index contributed by atoms with van der Waals surface area (Å²) in [6.45, 7) is 5.65. The van der Waals surface area contributed by atoms with Crippen LogP contribution in [-0.4, -0.2) is 17.9 Å². The third-order valence-corrected chi connectivity index (χ3v) is 2.36. The first-order valence-corrected chi connectivity index (χ1v) is 4.43. The first kappa shape index (κ1) is 10.7. The normalized spacial score (nSPS) is 12.3. The van der Waals surface area contributed by atoms with Crippen molar-refractivity contribution in [1.82, 2.24) is 0 Å². The van der Waals surface area contributed by atoms with E-state index in [1.165, 1.54) is 7.11 Å². The summed E-state index contributed by atoms with van der Waals surface area (Å²) in [5, 5.41) is 0. The second-order valence-corrected chi connectivity index (χ2v) is 3.60. The van der Waals surface area contributed by atoms with Gasteiger partial charge in [-0.3, -0.25) is 0 Å². The Hall–Kier alpha value is -0.310. The fourth-order valence-electron chi connectivity index (χ4n) is 0.639. The van der Waals surface area contributed by atoms with Crippen LogP contribution in [0.25, 0.3) is 0 Å². The first-order valence-electron chi connectivity index (χ1n) is 3.52. The lowest BCUT2D eigenvalue weighted by Gasteiger charge is -2.06. The van der Waals surface area contributed by atoms with Gasteiger partial charge in [-0.05, 0) is 12.8 Å². The molecule has 0 saturated carbocycles. The van der Waals surface area contributed by atoms with Gasteiger partial charge in [0.25, 0.3) is 0 Å². The molecule has 0 radical (unpaired) electrons. The predicted molar refractivity (Wildman–Crippen MR) is 48.8 cm³/mol. The van der Waals surface area contributed by atoms with Gasteiger partial charge < -0.3 is 4.74 Å². The Morgan fingerprint density at radius 1 is 1.73 bits per heavy atom. The van der Waals surface area contributed by atoms with Gasteiger partial charge in [0, 0.05) is 10.4 Å². The molecule has 0 N–H and O–H groups in total. The SMILES string of the molecule is C=C(CC(Br)CC)C(=O)OC. The van der Waals surface area contributed by atoms with Crippen LogP contribution in [0.15, 0.2) is 12.2 Å². The van der Waals surface area contributed by atoms with E-state index in [-0.39, 0.29) is 5.97 Å². The van der Waals surface area contributed by atoms with E-state index in [2.05, 4.69) is 27.2 Å². The lowest BCUT2D eigenvalue weighted by Crippen LogP contribution is -2.08. The monoisotopic (exact) mass is 220 g/mol. The van der Waals surface area contributed by atoms with Gasteiger partial charge in [-0.25, -0.2) is 4.79 Å². The smallest absolute Gasteiger partial charge is 0.333 e. The quantitative estimate of drug-likeness (QED) is 0.413. The molecule has 0 heterocycles. The van der Waals surface area contributed by atoms with Crippen LogP contribution in [0.4, 0.5) is 0 Å². The molecular formula is C8H13BrO2. The molecule has 1 unspecified atom stereocenters. The van der Waals surface area contributed by atoms with Gasteiger partial charge in [-0.15, -0.1) is 0 Å². The number of methoxy groups -OCH3 is 1. The molecular weight excluding hydrogens is 208 g/mol. The van der Waals surface area contributed by atoms with Gasteiger partial charge in [-0.2, -0.15) is 0 Å². The summed E-state index contributed by atoms with van der Waals surface area (Å²) in [4.78, 5) is 11.1. The molecule has 0 fully saturated rings. The molecule has 1 atom stereocenters. The van der Waals surface area contributed by atoms with Crippen molar-refractivity contribution in [2.24, 2.45) is 0 Å². The van der Waals surface area contributed by atoms with Crippen molar-refractivity contribution in [3.8, 4) is 0 Å². The number of halogens is 1. The Labute approximate surface area is 75.7 Å². The lowest BCUT2D eigenvalue weighted by molar-refractivity contribution is -0.136. The highest BCUT2D eigenvalue weighted by molar-refractivity contribution is 9.09. The summed E-state index contributed by atoms with van der Waals surface area (Å²) in [5.41, 5.74) is 0.524. The largest absolute Gasteiger partial charge is 0.466 e. The highest BCUT2D eigenvalue weighted by Gasteiger charge is 2.10. The lowest BCUT2D eigenvalue weighted by atomic mass is 10.1. The maximum absolute atomic E-state index is 10.8. The van der Waals surface area contributed by atoms with E-state index in [1.807, 2.05) is 6.92 Å². The average molecular weight is 221 g/mol. The second kappa shape index (κ2) is 5.35. The minimum atomic E-state index is -0.317. The summed E-state index contributed by atoms with van der Waals surface area (Å²) < 4.78 is 4.50. The molecule has 11 heavy (non-hydrogen) atoms. The van der Waals surface area contributed by atoms with E-state index in [0.717, 1.165) is 6.42 Å². The van der Waals surface area contributed by atoms with Crippen molar-refractivity contribution in [3.63, 3.8) is 0 Å². The number of ether oxygens (including phenoxy) is 1. The number of hydrogen-bond acceptors (Lipinski definition) is 2. The fourth-order valence-corrected chi connectivity index (χ4v) is 1.03. The molecule has 0 aliphatic rings. The van der Waals surface area contributed by atoms with Crippen LogP contribution in [0.5, 0.6) is 0 Å². The van der Waals surface area contributed by atoms with Crippen LogP contribution in [0.2, 0.25) is 0 Å². The second-order valence-electron chi connectivity index (χ2n) is 2.30. The van der Waals surface area contributed by atoms with Crippen LogP contribution in [0.3, 0.4) is 0 Å². The van der Waals surface area contributed by atoms with Crippen molar-refractivity contribution in [3.05, 3.63) is 12.2 Å². The van der Waals surface area contributed by atoms with Crippen LogP contribution >= 0.6 is 15.9 Å². The van der Waals surface area contributed by atoms with Crippen LogP contribution < -0.4 is 0 Å². The summed E-state index contributed by atoms with van der Waals surface area (Å²) in [7, 11) is 1.36. The molecule has 0 aromatic heterocycles. The average Bonchev–Trinajstić information content (AvgIpc) is 2.02. The number of carbonyl (C=O) groups excluding carboxylic acids is 1. The zero-order valence-corrected chi connectivity index (χ0v) is 8.48. The van der Waals surface area contributed by atoms with E-state index in [0.29, 0.717) is 16.8 Å². The fraction of sp³-hybridized carbons (Fsp3) is 0.625. The molecule has 0 saturated heterocycles. The molecule has 0 rings (SSSR count). The van der Waals surface area contributed by atoms with Crippen LogP contribution in [0, 0.1) is 0 Å². The highest BCUT2D eigenvalue weighted by atomic mass is 79.9. The third kappa shape index (κ3) is 4.19. The summed E-state index contributed by atoms with van der Waals surface area (Å²) in [6, 6.07) is 0. The van der Waals surface area contributed by atoms with E-state index in [1.54, 1.807) is 0 Å². The highest BCUT2D eigenvalue weighted by Crippen LogP contribution is 2.15. The number of hydrogen-bond donors (Lipinski definition) is 0. The number of rotatable bonds is 4. The Morgan fingerprint density at radius 3 is 2.64 bits per heavy atom. The summed E-state index contributed by atoms with van der Waals surface area (Å²) >= 11 is 3.41. The molecule has 0 aromatic rings. The maximum atomic E-state index is 10.8. The molecule has 0 spiro atoms. The molecule has 3 heteroatoms. The standard InChI is InChI=1S/C8H13BrO2/c1-4-7(9)5-6(2)8(10)11-3/h7H,2,4-5H2,1,3H3. The summed E-state index contributed by atoms with van der Waals surface area (Å²) in [6.07, 6.45) is 1.64. The Balaban J connectivity index is 3.77. The molecule has 0 amide bonds. The Bertz CT molecular complexity index is 154. The van der Waals surface area contributed by atoms with E-state index < -0.39 is 0 Å². The van der Waals surface area contributed by atoms with Crippen molar-refractivity contribution in [1.29, 1.82) is 0 Å². The summed E-state index contributed by atoms with van der Waals surface area (Å²) in [5.74, 6) is -0.317. The maximum Gasteiger partial charge on any atom is 0.333 e. The Morgan fingerprint density at radius 2 is 2.27 bits per heavy atom. The van der Waals surface area contributed by atoms with Crippen molar-refractivity contribution in [2.75, 3.05) is 7.11 Å². The van der Waals surface area contributed by atoms with Crippen molar-refractivity contribution >= 4 is 21.9 Å². The number of alkyl halides is 1. The van der Waals surface area contributed by atoms with E-state index in [9.17, 15) is 4.79 Å². The van der Waals surface area contributed by atoms with Gasteiger partial charge in [0.15, 0.2) is 0 Å². The minimum Gasteiger partial charge on any atom is -0.466 e. The zero-order valence-electron chi connectivity index (χ0n) is 6.89. The van der Waals surface area contributed by atoms with Crippen LogP contribution in [0.1, 0.15) is 19.8 Å². The first-order chi connectivity index (χ1) is 5.11. The topological polar surface area (TPSA) is 26.3 Å². The van der Waals surface area contributed by atoms with Gasteiger partial charge in [-0.1, -0.05) is 29.4 Å². The predicted octanol–water partition coefficient (Wildman–Crippen LogP) is 2.28. The zero-order chi connectivity index (χ0) is 8.85. The van der Waals surface area contributed by atoms with Gasteiger partial charge >= 0.3 is 5.97 Å². The third-order valence-electron chi connectivity index (χ3n) is 1.38. The molecule has 2 nitrogen and oxygen atoms in total. The number of esters is 1. The van der Waals surface area contributed by atoms with Gasteiger partial charge in [0.05, 0.1) is 7.11 Å². The minimum absolute atomic E-state index is 0.317. The van der Waals surface area contributed by atoms with Crippen molar-refractivity contribution in [2.45, 2.75) is 24.6 Å². The molecule has 0 aliphatic heterocycles. The van der Waals surface area contributed by atoms with Crippen molar-refractivity contribution < 1.29 is 9.53 Å². The van der Waals surface area contributed by atoms with E-state index >= 15 is 0 Å². The van der Waals surface area contributed by atoms with E-state index in [4.69, 9.17) is 0 Å². The number of carbonyl (C=O) groups is 1. The van der Waals surface area contributed by atoms with Gasteiger partial charge in [0.2, 0.25) is 0 Å². The molecule has 0 aliphatic carbocycles. The molecule has 64 valence electrons. The Kier molecular flexibility index (Phi) is 5.20. The molecule has 0 aromatic carbocycles.